The lowest BCUT2D eigenvalue weighted by atomic mass is 10.2. The number of aryl methyl sites for hydroxylation is 1. The number of aromatic nitrogens is 2. The Balaban J connectivity index is 2.32. The molecule has 102 valence electrons. The van der Waals surface area contributed by atoms with Crippen molar-refractivity contribution in [3.8, 4) is 0 Å². The Kier molecular flexibility index (Phi) is 3.74. The highest BCUT2D eigenvalue weighted by molar-refractivity contribution is 5.51. The minimum Gasteiger partial charge on any atom is -0.467 e. The summed E-state index contributed by atoms with van der Waals surface area (Å²) in [4.78, 5) is 13.1. The molecule has 0 atom stereocenters. The first-order chi connectivity index (χ1) is 8.99. The molecule has 19 heavy (non-hydrogen) atoms. The van der Waals surface area contributed by atoms with Crippen LogP contribution in [0.2, 0.25) is 0 Å². The first kappa shape index (κ1) is 13.4. The number of anilines is 2. The predicted octanol–water partition coefficient (Wildman–Crippen LogP) is 2.39. The fourth-order valence-corrected chi connectivity index (χ4v) is 1.88. The van der Waals surface area contributed by atoms with E-state index in [1.807, 2.05) is 52.0 Å². The van der Waals surface area contributed by atoms with Gasteiger partial charge in [0.2, 0.25) is 5.95 Å². The van der Waals surface area contributed by atoms with Crippen LogP contribution in [0.3, 0.4) is 0 Å². The summed E-state index contributed by atoms with van der Waals surface area (Å²) in [6.07, 6.45) is 1.69. The number of nitrogens with zero attached hydrogens (tertiary/aromatic N) is 4. The van der Waals surface area contributed by atoms with Crippen LogP contribution >= 0.6 is 0 Å². The summed E-state index contributed by atoms with van der Waals surface area (Å²) in [5.74, 6) is 2.58. The molecule has 0 spiro atoms. The molecule has 0 aromatic carbocycles. The molecule has 5 heteroatoms. The van der Waals surface area contributed by atoms with Gasteiger partial charge >= 0.3 is 0 Å². The summed E-state index contributed by atoms with van der Waals surface area (Å²) in [6.45, 7) is 4.74. The van der Waals surface area contributed by atoms with Crippen molar-refractivity contribution in [2.75, 3.05) is 30.9 Å². The van der Waals surface area contributed by atoms with E-state index >= 15 is 0 Å². The third-order valence-corrected chi connectivity index (χ3v) is 3.09. The third-order valence-electron chi connectivity index (χ3n) is 3.09. The largest absolute Gasteiger partial charge is 0.467 e. The van der Waals surface area contributed by atoms with Crippen LogP contribution in [-0.4, -0.2) is 31.1 Å². The molecule has 2 heterocycles. The van der Waals surface area contributed by atoms with Gasteiger partial charge < -0.3 is 14.2 Å². The second-order valence-electron chi connectivity index (χ2n) is 4.89. The maximum absolute atomic E-state index is 5.38. The smallest absolute Gasteiger partial charge is 0.227 e. The zero-order valence-corrected chi connectivity index (χ0v) is 12.1. The highest BCUT2D eigenvalue weighted by atomic mass is 16.3. The van der Waals surface area contributed by atoms with Gasteiger partial charge in [-0.05, 0) is 26.0 Å². The third kappa shape index (κ3) is 2.86. The summed E-state index contributed by atoms with van der Waals surface area (Å²) in [6, 6.07) is 3.86. The van der Waals surface area contributed by atoms with Crippen molar-refractivity contribution in [1.82, 2.24) is 9.97 Å². The van der Waals surface area contributed by atoms with Gasteiger partial charge in [-0.2, -0.15) is 4.98 Å². The van der Waals surface area contributed by atoms with Crippen molar-refractivity contribution in [2.45, 2.75) is 20.4 Å². The van der Waals surface area contributed by atoms with E-state index in [-0.39, 0.29) is 0 Å². The van der Waals surface area contributed by atoms with Crippen molar-refractivity contribution >= 4 is 11.8 Å². The van der Waals surface area contributed by atoms with E-state index in [2.05, 4.69) is 14.9 Å². The van der Waals surface area contributed by atoms with Gasteiger partial charge in [-0.3, -0.25) is 0 Å². The molecule has 2 rings (SSSR count). The molecular weight excluding hydrogens is 240 g/mol. The van der Waals surface area contributed by atoms with Crippen molar-refractivity contribution in [1.29, 1.82) is 0 Å². The highest BCUT2D eigenvalue weighted by Gasteiger charge is 2.14. The van der Waals surface area contributed by atoms with E-state index in [1.54, 1.807) is 6.26 Å². The summed E-state index contributed by atoms with van der Waals surface area (Å²) in [5, 5.41) is 0. The van der Waals surface area contributed by atoms with E-state index in [9.17, 15) is 0 Å². The maximum atomic E-state index is 5.38. The van der Waals surface area contributed by atoms with Crippen LogP contribution in [0.4, 0.5) is 11.8 Å². The number of hydrogen-bond donors (Lipinski definition) is 0. The van der Waals surface area contributed by atoms with E-state index in [4.69, 9.17) is 4.42 Å². The topological polar surface area (TPSA) is 45.4 Å². The van der Waals surface area contributed by atoms with Gasteiger partial charge in [0, 0.05) is 32.4 Å². The summed E-state index contributed by atoms with van der Waals surface area (Å²) in [5.41, 5.74) is 2.10. The Morgan fingerprint density at radius 2 is 1.89 bits per heavy atom. The molecule has 0 aliphatic rings. The van der Waals surface area contributed by atoms with Crippen molar-refractivity contribution in [3.05, 3.63) is 35.4 Å². The Morgan fingerprint density at radius 1 is 1.16 bits per heavy atom. The van der Waals surface area contributed by atoms with E-state index in [0.717, 1.165) is 28.8 Å². The van der Waals surface area contributed by atoms with Crippen LogP contribution in [0.5, 0.6) is 0 Å². The maximum Gasteiger partial charge on any atom is 0.227 e. The molecule has 0 amide bonds. The SMILES string of the molecule is Cc1nc(N(C)C)nc(N(C)Cc2ccco2)c1C. The normalized spacial score (nSPS) is 10.6. The fourth-order valence-electron chi connectivity index (χ4n) is 1.88. The van der Waals surface area contributed by atoms with Crippen LogP contribution in [0, 0.1) is 13.8 Å². The minimum absolute atomic E-state index is 0.692. The van der Waals surface area contributed by atoms with E-state index in [0.29, 0.717) is 6.54 Å². The molecule has 5 nitrogen and oxygen atoms in total. The van der Waals surface area contributed by atoms with Gasteiger partial charge in [-0.1, -0.05) is 0 Å². The van der Waals surface area contributed by atoms with Crippen LogP contribution in [0.15, 0.2) is 22.8 Å². The van der Waals surface area contributed by atoms with Crippen molar-refractivity contribution < 1.29 is 4.42 Å². The molecule has 0 unspecified atom stereocenters. The quantitative estimate of drug-likeness (QED) is 0.844. The molecule has 2 aromatic rings. The Bertz CT molecular complexity index is 549. The summed E-state index contributed by atoms with van der Waals surface area (Å²) in [7, 11) is 5.90. The number of hydrogen-bond acceptors (Lipinski definition) is 5. The van der Waals surface area contributed by atoms with Gasteiger partial charge in [-0.25, -0.2) is 4.98 Å². The van der Waals surface area contributed by atoms with E-state index in [1.165, 1.54) is 0 Å². The molecule has 0 radical (unpaired) electrons. The lowest BCUT2D eigenvalue weighted by Crippen LogP contribution is -2.22. The molecule has 0 aliphatic heterocycles. The summed E-state index contributed by atoms with van der Waals surface area (Å²) >= 11 is 0. The zero-order chi connectivity index (χ0) is 14.0. The van der Waals surface area contributed by atoms with Gasteiger partial charge in [0.15, 0.2) is 0 Å². The van der Waals surface area contributed by atoms with Crippen LogP contribution in [-0.2, 0) is 6.54 Å². The molecule has 0 aliphatic carbocycles. The number of furan rings is 1. The molecule has 0 fully saturated rings. The molecule has 0 bridgehead atoms. The van der Waals surface area contributed by atoms with Crippen molar-refractivity contribution in [2.24, 2.45) is 0 Å². The molecule has 2 aromatic heterocycles. The standard InChI is InChI=1S/C14H20N4O/c1-10-11(2)15-14(17(3)4)16-13(10)18(5)9-12-7-6-8-19-12/h6-8H,9H2,1-5H3. The van der Waals surface area contributed by atoms with Gasteiger partial charge in [-0.15, -0.1) is 0 Å². The summed E-state index contributed by atoms with van der Waals surface area (Å²) < 4.78 is 5.38. The van der Waals surface area contributed by atoms with Crippen molar-refractivity contribution in [3.63, 3.8) is 0 Å². The number of rotatable bonds is 4. The van der Waals surface area contributed by atoms with Crippen LogP contribution < -0.4 is 9.80 Å². The van der Waals surface area contributed by atoms with Gasteiger partial charge in [0.05, 0.1) is 12.8 Å². The van der Waals surface area contributed by atoms with Crippen LogP contribution in [0.1, 0.15) is 17.0 Å². The Labute approximate surface area is 113 Å². The average Bonchev–Trinajstić information content (AvgIpc) is 2.84. The first-order valence-corrected chi connectivity index (χ1v) is 6.25. The first-order valence-electron chi connectivity index (χ1n) is 6.25. The Morgan fingerprint density at radius 3 is 2.47 bits per heavy atom. The minimum atomic E-state index is 0.692. The monoisotopic (exact) mass is 260 g/mol. The van der Waals surface area contributed by atoms with E-state index < -0.39 is 0 Å². The molecule has 0 saturated heterocycles. The Hall–Kier alpha value is -2.04. The fraction of sp³-hybridized carbons (Fsp3) is 0.429. The second-order valence-corrected chi connectivity index (χ2v) is 4.89. The van der Waals surface area contributed by atoms with Gasteiger partial charge in [0.1, 0.15) is 11.6 Å². The molecule has 0 saturated carbocycles. The molecular formula is C14H20N4O. The van der Waals surface area contributed by atoms with Gasteiger partial charge in [0.25, 0.3) is 0 Å². The lowest BCUT2D eigenvalue weighted by Gasteiger charge is -2.22. The second kappa shape index (κ2) is 5.30. The highest BCUT2D eigenvalue weighted by Crippen LogP contribution is 2.22. The molecule has 0 N–H and O–H groups in total. The lowest BCUT2D eigenvalue weighted by molar-refractivity contribution is 0.506. The zero-order valence-electron chi connectivity index (χ0n) is 12.1. The van der Waals surface area contributed by atoms with Crippen LogP contribution in [0.25, 0.3) is 0 Å². The average molecular weight is 260 g/mol. The predicted molar refractivity (Wildman–Crippen MR) is 76.6 cm³/mol.